The fourth-order valence-corrected chi connectivity index (χ4v) is 2.77. The van der Waals surface area contributed by atoms with Crippen molar-refractivity contribution in [3.8, 4) is 11.1 Å². The maximum atomic E-state index is 7.02. The first-order chi connectivity index (χ1) is 11.2. The number of thiol groups is 1. The van der Waals surface area contributed by atoms with Crippen LogP contribution < -0.4 is 11.1 Å². The number of fused-ring (bicyclic) bond motifs is 1. The van der Waals surface area contributed by atoms with E-state index < -0.39 is 0 Å². The summed E-state index contributed by atoms with van der Waals surface area (Å²) in [7, 11) is 0. The predicted octanol–water partition coefficient (Wildman–Crippen LogP) is 4.35. The summed E-state index contributed by atoms with van der Waals surface area (Å²) in [5.41, 5.74) is 10.5. The van der Waals surface area contributed by atoms with Crippen molar-refractivity contribution in [1.82, 2.24) is 4.98 Å². The van der Waals surface area contributed by atoms with E-state index in [1.54, 1.807) is 18.5 Å². The van der Waals surface area contributed by atoms with Gasteiger partial charge in [-0.25, -0.2) is 0 Å². The average molecular weight is 320 g/mol. The third-order valence-corrected chi connectivity index (χ3v) is 3.97. The Hall–Kier alpha value is -2.79. The molecule has 0 saturated heterocycles. The first-order valence-electron chi connectivity index (χ1n) is 7.10. The zero-order chi connectivity index (χ0) is 16.2. The minimum absolute atomic E-state index is 0.628. The smallest absolute Gasteiger partial charge is 0.0958 e. The van der Waals surface area contributed by atoms with Gasteiger partial charge in [-0.15, -0.1) is 12.6 Å². The molecule has 0 aliphatic carbocycles. The maximum Gasteiger partial charge on any atom is 0.0958 e. The molecule has 4 N–H and O–H groups in total. The van der Waals surface area contributed by atoms with Crippen molar-refractivity contribution in [1.29, 1.82) is 5.41 Å². The van der Waals surface area contributed by atoms with Crippen LogP contribution in [0.4, 0.5) is 11.4 Å². The minimum atomic E-state index is 0.628. The topological polar surface area (TPSA) is 74.8 Å². The Morgan fingerprint density at radius 1 is 1.09 bits per heavy atom. The molecule has 0 atom stereocenters. The number of benzene rings is 2. The number of nitrogen functional groups attached to an aromatic ring is 1. The molecular formula is C18H16N4S. The third kappa shape index (κ3) is 2.91. The summed E-state index contributed by atoms with van der Waals surface area (Å²) in [6, 6.07) is 13.7. The number of pyridine rings is 1. The van der Waals surface area contributed by atoms with Crippen LogP contribution in [0.2, 0.25) is 0 Å². The molecule has 1 aromatic heterocycles. The highest BCUT2D eigenvalue weighted by Gasteiger charge is 2.11. The van der Waals surface area contributed by atoms with Gasteiger partial charge >= 0.3 is 0 Å². The Kier molecular flexibility index (Phi) is 4.30. The fourth-order valence-electron chi connectivity index (χ4n) is 2.49. The number of nitrogens with one attached hydrogen (secondary N) is 2. The van der Waals surface area contributed by atoms with Crippen LogP contribution in [-0.4, -0.2) is 11.2 Å². The van der Waals surface area contributed by atoms with Crippen LogP contribution in [0.1, 0.15) is 0 Å². The second-order valence-corrected chi connectivity index (χ2v) is 5.45. The summed E-state index contributed by atoms with van der Waals surface area (Å²) in [5, 5.41) is 11.1. The van der Waals surface area contributed by atoms with Crippen LogP contribution in [0.5, 0.6) is 0 Å². The van der Waals surface area contributed by atoms with Crippen molar-refractivity contribution in [2.24, 2.45) is 0 Å². The Balaban J connectivity index is 2.15. The fraction of sp³-hybridized carbons (Fsp3) is 0. The Morgan fingerprint density at radius 2 is 1.91 bits per heavy atom. The second kappa shape index (κ2) is 6.54. The van der Waals surface area contributed by atoms with Crippen LogP contribution in [-0.2, 0) is 0 Å². The van der Waals surface area contributed by atoms with Crippen LogP contribution in [0.25, 0.3) is 22.0 Å². The SMILES string of the molecule is N=C/C=C\Nc1ccnc2c(N)c(-c3ccccc3S)ccc12. The number of hydrogen-bond acceptors (Lipinski definition) is 5. The van der Waals surface area contributed by atoms with E-state index in [0.717, 1.165) is 32.6 Å². The lowest BCUT2D eigenvalue weighted by atomic mass is 10.0. The van der Waals surface area contributed by atoms with E-state index in [4.69, 9.17) is 11.1 Å². The molecule has 0 aliphatic heterocycles. The van der Waals surface area contributed by atoms with Gasteiger partial charge in [-0.3, -0.25) is 4.98 Å². The Morgan fingerprint density at radius 3 is 2.70 bits per heavy atom. The lowest BCUT2D eigenvalue weighted by molar-refractivity contribution is 1.40. The summed E-state index contributed by atoms with van der Waals surface area (Å²) in [6.45, 7) is 0. The molecular weight excluding hydrogens is 304 g/mol. The first kappa shape index (κ1) is 15.1. The summed E-state index contributed by atoms with van der Waals surface area (Å²) >= 11 is 4.51. The molecule has 3 aromatic rings. The lowest BCUT2D eigenvalue weighted by Crippen LogP contribution is -1.97. The molecule has 0 amide bonds. The summed E-state index contributed by atoms with van der Waals surface area (Å²) in [5.74, 6) is 0. The standard InChI is InChI=1S/C18H16N4S/c19-9-3-10-21-15-8-11-22-18-14(15)7-6-13(17(18)20)12-4-1-2-5-16(12)23/h1-11,19,23H,20H2,(H,21,22)/b10-3-,19-9?. The molecule has 1 heterocycles. The molecule has 0 bridgehead atoms. The highest BCUT2D eigenvalue weighted by Crippen LogP contribution is 2.36. The van der Waals surface area contributed by atoms with Gasteiger partial charge in [0.05, 0.1) is 11.2 Å². The minimum Gasteiger partial charge on any atom is -0.396 e. The number of nitrogens with zero attached hydrogens (tertiary/aromatic N) is 1. The van der Waals surface area contributed by atoms with Crippen molar-refractivity contribution >= 4 is 41.1 Å². The predicted molar refractivity (Wildman–Crippen MR) is 100 cm³/mol. The van der Waals surface area contributed by atoms with Crippen LogP contribution in [0, 0.1) is 5.41 Å². The normalized spacial score (nSPS) is 11.0. The van der Waals surface area contributed by atoms with E-state index in [9.17, 15) is 0 Å². The van der Waals surface area contributed by atoms with Gasteiger partial charge in [0.15, 0.2) is 0 Å². The Labute approximate surface area is 140 Å². The van der Waals surface area contributed by atoms with Gasteiger partial charge in [-0.1, -0.05) is 24.3 Å². The largest absolute Gasteiger partial charge is 0.396 e. The van der Waals surface area contributed by atoms with E-state index in [0.29, 0.717) is 5.69 Å². The van der Waals surface area contributed by atoms with E-state index in [1.165, 1.54) is 6.21 Å². The first-order valence-corrected chi connectivity index (χ1v) is 7.55. The molecule has 0 fully saturated rings. The summed E-state index contributed by atoms with van der Waals surface area (Å²) < 4.78 is 0. The van der Waals surface area contributed by atoms with Crippen molar-refractivity contribution in [2.75, 3.05) is 11.1 Å². The van der Waals surface area contributed by atoms with Crippen molar-refractivity contribution in [2.45, 2.75) is 4.90 Å². The lowest BCUT2D eigenvalue weighted by Gasteiger charge is -2.12. The zero-order valence-electron chi connectivity index (χ0n) is 12.3. The molecule has 0 unspecified atom stereocenters. The summed E-state index contributed by atoms with van der Waals surface area (Å²) in [6.07, 6.45) is 6.25. The third-order valence-electron chi connectivity index (χ3n) is 3.58. The van der Waals surface area contributed by atoms with Crippen molar-refractivity contribution < 1.29 is 0 Å². The van der Waals surface area contributed by atoms with E-state index in [-0.39, 0.29) is 0 Å². The van der Waals surface area contributed by atoms with Gasteiger partial charge in [-0.2, -0.15) is 0 Å². The molecule has 114 valence electrons. The monoisotopic (exact) mass is 320 g/mol. The average Bonchev–Trinajstić information content (AvgIpc) is 2.57. The van der Waals surface area contributed by atoms with Gasteiger partial charge in [-0.05, 0) is 29.8 Å². The van der Waals surface area contributed by atoms with Gasteiger partial charge in [0.1, 0.15) is 0 Å². The molecule has 0 aliphatic rings. The number of anilines is 2. The van der Waals surface area contributed by atoms with Crippen LogP contribution in [0.3, 0.4) is 0 Å². The van der Waals surface area contributed by atoms with E-state index >= 15 is 0 Å². The number of hydrogen-bond donors (Lipinski definition) is 4. The molecule has 0 saturated carbocycles. The Bertz CT molecular complexity index is 903. The van der Waals surface area contributed by atoms with Gasteiger partial charge in [0.2, 0.25) is 0 Å². The number of aromatic nitrogens is 1. The van der Waals surface area contributed by atoms with Crippen LogP contribution in [0.15, 0.2) is 65.8 Å². The molecule has 23 heavy (non-hydrogen) atoms. The highest BCUT2D eigenvalue weighted by molar-refractivity contribution is 7.80. The maximum absolute atomic E-state index is 7.02. The molecule has 5 heteroatoms. The highest BCUT2D eigenvalue weighted by atomic mass is 32.1. The van der Waals surface area contributed by atoms with Gasteiger partial charge < -0.3 is 16.5 Å². The molecule has 4 nitrogen and oxygen atoms in total. The molecule has 2 aromatic carbocycles. The number of nitrogens with two attached hydrogens (primary N) is 1. The van der Waals surface area contributed by atoms with Crippen molar-refractivity contribution in [3.63, 3.8) is 0 Å². The number of allylic oxidation sites excluding steroid dienone is 1. The summed E-state index contributed by atoms with van der Waals surface area (Å²) in [4.78, 5) is 5.30. The van der Waals surface area contributed by atoms with E-state index in [1.807, 2.05) is 42.5 Å². The molecule has 0 spiro atoms. The van der Waals surface area contributed by atoms with Gasteiger partial charge in [0, 0.05) is 40.1 Å². The molecule has 3 rings (SSSR count). The van der Waals surface area contributed by atoms with E-state index in [2.05, 4.69) is 22.9 Å². The quantitative estimate of drug-likeness (QED) is 0.328. The zero-order valence-corrected chi connectivity index (χ0v) is 13.2. The number of rotatable bonds is 4. The second-order valence-electron chi connectivity index (χ2n) is 4.97. The van der Waals surface area contributed by atoms with Crippen molar-refractivity contribution in [3.05, 3.63) is 60.9 Å². The van der Waals surface area contributed by atoms with Gasteiger partial charge in [0.25, 0.3) is 0 Å². The molecule has 0 radical (unpaired) electrons. The van der Waals surface area contributed by atoms with Crippen LogP contribution >= 0.6 is 12.6 Å².